The maximum Gasteiger partial charge on any atom is 0.387 e. The molecule has 0 atom stereocenters. The van der Waals surface area contributed by atoms with Crippen LogP contribution in [0.3, 0.4) is 0 Å². The predicted octanol–water partition coefficient (Wildman–Crippen LogP) is 3.54. The van der Waals surface area contributed by atoms with Gasteiger partial charge in [-0.1, -0.05) is 48.5 Å². The number of aromatic nitrogens is 2. The second-order valence-electron chi connectivity index (χ2n) is 5.88. The number of aliphatic imine (C=N–C) groups is 1. The number of imidazole rings is 1. The molecule has 0 bridgehead atoms. The lowest BCUT2D eigenvalue weighted by atomic mass is 10.2. The van der Waals surface area contributed by atoms with Crippen molar-refractivity contribution in [3.05, 3.63) is 72.2 Å². The first kappa shape index (κ1) is 19.3. The largest absolute Gasteiger partial charge is 0.434 e. The molecule has 6 nitrogen and oxygen atoms in total. The number of para-hydroxylation sites is 1. The van der Waals surface area contributed by atoms with E-state index in [-0.39, 0.29) is 12.3 Å². The van der Waals surface area contributed by atoms with Crippen molar-refractivity contribution in [3.63, 3.8) is 0 Å². The molecule has 2 aromatic carbocycles. The van der Waals surface area contributed by atoms with E-state index < -0.39 is 6.61 Å². The molecular weight excluding hydrogens is 364 g/mol. The van der Waals surface area contributed by atoms with Gasteiger partial charge < -0.3 is 20.4 Å². The molecule has 0 fully saturated rings. The predicted molar refractivity (Wildman–Crippen MR) is 104 cm³/mol. The van der Waals surface area contributed by atoms with E-state index in [4.69, 9.17) is 0 Å². The van der Waals surface area contributed by atoms with Crippen LogP contribution in [0.1, 0.15) is 11.4 Å². The molecule has 3 N–H and O–H groups in total. The van der Waals surface area contributed by atoms with Gasteiger partial charge in [0.15, 0.2) is 5.96 Å². The van der Waals surface area contributed by atoms with Gasteiger partial charge in [-0.2, -0.15) is 8.78 Å². The lowest BCUT2D eigenvalue weighted by molar-refractivity contribution is -0.0504. The van der Waals surface area contributed by atoms with Crippen molar-refractivity contribution < 1.29 is 13.5 Å². The van der Waals surface area contributed by atoms with Crippen LogP contribution in [0.4, 0.5) is 8.78 Å². The average molecular weight is 385 g/mol. The number of alkyl halides is 2. The summed E-state index contributed by atoms with van der Waals surface area (Å²) >= 11 is 0. The van der Waals surface area contributed by atoms with Gasteiger partial charge >= 0.3 is 6.61 Å². The minimum atomic E-state index is -2.86. The highest BCUT2D eigenvalue weighted by molar-refractivity contribution is 5.79. The zero-order chi connectivity index (χ0) is 19.8. The Morgan fingerprint density at radius 3 is 2.54 bits per heavy atom. The van der Waals surface area contributed by atoms with Crippen LogP contribution in [0.15, 0.2) is 65.8 Å². The smallest absolute Gasteiger partial charge is 0.387 e. The topological polar surface area (TPSA) is 74.3 Å². The van der Waals surface area contributed by atoms with Crippen molar-refractivity contribution >= 4 is 5.96 Å². The van der Waals surface area contributed by atoms with Gasteiger partial charge in [-0.25, -0.2) is 4.98 Å². The summed E-state index contributed by atoms with van der Waals surface area (Å²) in [5.74, 6) is 1.41. The van der Waals surface area contributed by atoms with Gasteiger partial charge in [0.2, 0.25) is 0 Å². The Morgan fingerprint density at radius 1 is 1.07 bits per heavy atom. The van der Waals surface area contributed by atoms with Crippen LogP contribution < -0.4 is 15.4 Å². The van der Waals surface area contributed by atoms with Crippen molar-refractivity contribution in [3.8, 4) is 17.0 Å². The molecule has 0 aliphatic carbocycles. The summed E-state index contributed by atoms with van der Waals surface area (Å²) in [6, 6.07) is 16.5. The Kier molecular flexibility index (Phi) is 6.56. The van der Waals surface area contributed by atoms with Gasteiger partial charge in [0.05, 0.1) is 18.4 Å². The van der Waals surface area contributed by atoms with E-state index in [0.29, 0.717) is 18.1 Å². The lowest BCUT2D eigenvalue weighted by Gasteiger charge is -2.14. The average Bonchev–Trinajstić information content (AvgIpc) is 3.18. The van der Waals surface area contributed by atoms with Crippen molar-refractivity contribution in [2.45, 2.75) is 19.7 Å². The molecule has 8 heteroatoms. The molecule has 0 amide bonds. The molecule has 0 saturated heterocycles. The molecule has 0 spiro atoms. The molecular formula is C20H21F2N5O. The first-order chi connectivity index (χ1) is 13.7. The van der Waals surface area contributed by atoms with E-state index in [1.54, 1.807) is 31.4 Å². The number of hydrogen-bond donors (Lipinski definition) is 3. The monoisotopic (exact) mass is 385 g/mol. The van der Waals surface area contributed by atoms with E-state index in [1.165, 1.54) is 6.07 Å². The van der Waals surface area contributed by atoms with Gasteiger partial charge in [-0.05, 0) is 11.6 Å². The molecule has 1 heterocycles. The fraction of sp³-hybridized carbons (Fsp3) is 0.200. The summed E-state index contributed by atoms with van der Waals surface area (Å²) in [6.07, 6.45) is 1.78. The molecule has 0 aliphatic heterocycles. The number of H-pyrrole nitrogens is 1. The number of nitrogens with zero attached hydrogens (tertiary/aromatic N) is 2. The Balaban J connectivity index is 1.55. The highest BCUT2D eigenvalue weighted by atomic mass is 19.3. The third-order valence-corrected chi connectivity index (χ3v) is 4.00. The van der Waals surface area contributed by atoms with Crippen LogP contribution in [0.25, 0.3) is 11.3 Å². The zero-order valence-electron chi connectivity index (χ0n) is 15.3. The molecule has 0 radical (unpaired) electrons. The number of guanidine groups is 1. The summed E-state index contributed by atoms with van der Waals surface area (Å²) in [5, 5.41) is 6.22. The maximum atomic E-state index is 12.5. The van der Waals surface area contributed by atoms with Gasteiger partial charge in [0.1, 0.15) is 11.6 Å². The minimum Gasteiger partial charge on any atom is -0.434 e. The quantitative estimate of drug-likeness (QED) is 0.430. The van der Waals surface area contributed by atoms with Crippen molar-refractivity contribution in [1.29, 1.82) is 0 Å². The number of aromatic amines is 1. The summed E-state index contributed by atoms with van der Waals surface area (Å²) in [7, 11) is 1.63. The Morgan fingerprint density at radius 2 is 1.79 bits per heavy atom. The van der Waals surface area contributed by atoms with E-state index in [2.05, 4.69) is 30.3 Å². The molecule has 1 aromatic heterocycles. The first-order valence-corrected chi connectivity index (χ1v) is 8.72. The molecule has 0 aliphatic rings. The van der Waals surface area contributed by atoms with Crippen LogP contribution in [-0.4, -0.2) is 29.6 Å². The van der Waals surface area contributed by atoms with E-state index in [0.717, 1.165) is 17.1 Å². The number of rotatable bonds is 7. The second-order valence-corrected chi connectivity index (χ2v) is 5.88. The van der Waals surface area contributed by atoms with Crippen molar-refractivity contribution in [2.24, 2.45) is 4.99 Å². The standard InChI is InChI=1S/C20H21F2N5O/c1-23-20(25-11-15-9-5-6-10-17(15)28-19(21)22)26-13-18-24-12-16(27-18)14-7-3-2-4-8-14/h2-10,12,19H,11,13H2,1H3,(H,24,27)(H2,23,25,26). The Bertz CT molecular complexity index is 912. The molecule has 3 rings (SSSR count). The zero-order valence-corrected chi connectivity index (χ0v) is 15.3. The molecule has 0 saturated carbocycles. The third-order valence-electron chi connectivity index (χ3n) is 4.00. The maximum absolute atomic E-state index is 12.5. The molecule has 3 aromatic rings. The Labute approximate surface area is 161 Å². The SMILES string of the molecule is CN=C(NCc1ncc(-c2ccccc2)[nH]1)NCc1ccccc1OC(F)F. The summed E-state index contributed by atoms with van der Waals surface area (Å²) in [5.41, 5.74) is 2.59. The van der Waals surface area contributed by atoms with E-state index in [9.17, 15) is 8.78 Å². The van der Waals surface area contributed by atoms with Crippen LogP contribution in [0.2, 0.25) is 0 Å². The van der Waals surface area contributed by atoms with E-state index in [1.807, 2.05) is 30.3 Å². The van der Waals surface area contributed by atoms with E-state index >= 15 is 0 Å². The van der Waals surface area contributed by atoms with Gasteiger partial charge in [0, 0.05) is 19.2 Å². The van der Waals surface area contributed by atoms with Gasteiger partial charge in [-0.15, -0.1) is 0 Å². The minimum absolute atomic E-state index is 0.138. The summed E-state index contributed by atoms with van der Waals surface area (Å²) in [4.78, 5) is 11.8. The molecule has 0 unspecified atom stereocenters. The summed E-state index contributed by atoms with van der Waals surface area (Å²) in [6.45, 7) is -2.14. The van der Waals surface area contributed by atoms with Crippen LogP contribution in [0.5, 0.6) is 5.75 Å². The fourth-order valence-corrected chi connectivity index (χ4v) is 2.64. The van der Waals surface area contributed by atoms with Gasteiger partial charge in [-0.3, -0.25) is 4.99 Å². The second kappa shape index (κ2) is 9.50. The number of benzene rings is 2. The first-order valence-electron chi connectivity index (χ1n) is 8.72. The summed E-state index contributed by atoms with van der Waals surface area (Å²) < 4.78 is 29.6. The van der Waals surface area contributed by atoms with Crippen molar-refractivity contribution in [2.75, 3.05) is 7.05 Å². The van der Waals surface area contributed by atoms with Crippen molar-refractivity contribution in [1.82, 2.24) is 20.6 Å². The third kappa shape index (κ3) is 5.29. The van der Waals surface area contributed by atoms with Crippen LogP contribution in [-0.2, 0) is 13.1 Å². The molecule has 146 valence electrons. The number of halogens is 2. The number of nitrogens with one attached hydrogen (secondary N) is 3. The van der Waals surface area contributed by atoms with Crippen LogP contribution in [0, 0.1) is 0 Å². The number of ether oxygens (including phenoxy) is 1. The number of hydrogen-bond acceptors (Lipinski definition) is 3. The normalized spacial score (nSPS) is 11.5. The highest BCUT2D eigenvalue weighted by Gasteiger charge is 2.10. The highest BCUT2D eigenvalue weighted by Crippen LogP contribution is 2.20. The Hall–Kier alpha value is -3.42. The van der Waals surface area contributed by atoms with Gasteiger partial charge in [0.25, 0.3) is 0 Å². The molecule has 28 heavy (non-hydrogen) atoms. The lowest BCUT2D eigenvalue weighted by Crippen LogP contribution is -2.36. The van der Waals surface area contributed by atoms with Crippen LogP contribution >= 0.6 is 0 Å². The fourth-order valence-electron chi connectivity index (χ4n) is 2.64.